The number of rotatable bonds is 2. The van der Waals surface area contributed by atoms with Crippen LogP contribution in [0.5, 0.6) is 0 Å². The lowest BCUT2D eigenvalue weighted by Gasteiger charge is -2.35. The van der Waals surface area contributed by atoms with Gasteiger partial charge in [0.05, 0.1) is 24.5 Å². The van der Waals surface area contributed by atoms with Crippen molar-refractivity contribution < 1.29 is 26.3 Å². The van der Waals surface area contributed by atoms with Gasteiger partial charge in [-0.2, -0.15) is 13.2 Å². The van der Waals surface area contributed by atoms with Crippen molar-refractivity contribution in [3.8, 4) is 11.3 Å². The molecule has 1 fully saturated rings. The number of aromatic nitrogens is 1. The number of aromatic amines is 1. The van der Waals surface area contributed by atoms with Crippen LogP contribution >= 0.6 is 0 Å². The Labute approximate surface area is 173 Å². The number of ether oxygens (including phenoxy) is 1. The zero-order valence-corrected chi connectivity index (χ0v) is 17.6. The summed E-state index contributed by atoms with van der Waals surface area (Å²) >= 11 is 0. The van der Waals surface area contributed by atoms with E-state index >= 15 is 0 Å². The average molecular weight is 447 g/mol. The van der Waals surface area contributed by atoms with E-state index in [2.05, 4.69) is 10.1 Å². The number of benzene rings is 1. The molecule has 0 spiro atoms. The first-order valence-electron chi connectivity index (χ1n) is 9.07. The van der Waals surface area contributed by atoms with E-state index in [-0.39, 0.29) is 22.9 Å². The third-order valence-electron chi connectivity index (χ3n) is 4.84. The normalized spacial score (nSPS) is 16.9. The molecule has 2 heterocycles. The molecule has 30 heavy (non-hydrogen) atoms. The highest BCUT2D eigenvalue weighted by Crippen LogP contribution is 2.40. The van der Waals surface area contributed by atoms with Crippen molar-refractivity contribution in [3.05, 3.63) is 51.3 Å². The number of H-pyrrole nitrogens is 1. The maximum absolute atomic E-state index is 13.7. The van der Waals surface area contributed by atoms with Gasteiger partial charge in [0.25, 0.3) is 0 Å². The number of halogens is 3. The second-order valence-electron chi connectivity index (χ2n) is 6.95. The molecule has 166 valence electrons. The SMILES string of the molecule is Cc1ccc(-c2cc(N3CCOC[C@H]3C)cc(=O)[nH]2)c(C(F)(F)F)c1C.N[SH](=O)=O. The van der Waals surface area contributed by atoms with Crippen molar-refractivity contribution in [2.45, 2.75) is 33.0 Å². The highest BCUT2D eigenvalue weighted by Gasteiger charge is 2.36. The van der Waals surface area contributed by atoms with Crippen LogP contribution in [0.1, 0.15) is 23.6 Å². The van der Waals surface area contributed by atoms with E-state index in [9.17, 15) is 18.0 Å². The molecule has 1 aliphatic rings. The lowest BCUT2D eigenvalue weighted by molar-refractivity contribution is -0.137. The molecule has 1 aromatic carbocycles. The predicted molar refractivity (Wildman–Crippen MR) is 109 cm³/mol. The molecule has 11 heteroatoms. The number of hydrogen-bond donors (Lipinski definition) is 3. The molecule has 0 bridgehead atoms. The van der Waals surface area contributed by atoms with Crippen LogP contribution in [0.15, 0.2) is 29.1 Å². The minimum absolute atomic E-state index is 0.0135. The first-order valence-corrected chi connectivity index (χ1v) is 10.3. The first kappa shape index (κ1) is 23.9. The number of aryl methyl sites for hydroxylation is 1. The number of hydrogen-bond acceptors (Lipinski definition) is 5. The van der Waals surface area contributed by atoms with E-state index in [4.69, 9.17) is 13.2 Å². The number of nitrogens with one attached hydrogen (secondary N) is 1. The summed E-state index contributed by atoms with van der Waals surface area (Å²) in [7, 11) is -2.62. The zero-order chi connectivity index (χ0) is 22.6. The predicted octanol–water partition coefficient (Wildman–Crippen LogP) is 2.37. The monoisotopic (exact) mass is 447 g/mol. The van der Waals surface area contributed by atoms with Crippen LogP contribution in [0, 0.1) is 13.8 Å². The minimum atomic E-state index is -4.51. The number of thiol groups is 1. The molecule has 0 amide bonds. The van der Waals surface area contributed by atoms with Crippen molar-refractivity contribution in [1.29, 1.82) is 0 Å². The molecule has 7 nitrogen and oxygen atoms in total. The molecule has 0 radical (unpaired) electrons. The van der Waals surface area contributed by atoms with Crippen LogP contribution in [0.2, 0.25) is 0 Å². The van der Waals surface area contributed by atoms with Crippen molar-refractivity contribution in [3.63, 3.8) is 0 Å². The molecule has 1 saturated heterocycles. The Morgan fingerprint density at radius 3 is 2.43 bits per heavy atom. The number of nitrogens with zero attached hydrogens (tertiary/aromatic N) is 1. The molecule has 1 aromatic heterocycles. The standard InChI is InChI=1S/C19H21F3N2O2.H3NO2S/c1-11-4-5-15(18(13(11)3)19(20,21)22)16-8-14(9-17(25)23-16)24-6-7-26-10-12(24)2;1-4(2)3/h4-5,8-9,12H,6-7,10H2,1-3H3,(H,23,25);4H,(H2,1,2,3)/t12-;/m1./s1. The van der Waals surface area contributed by atoms with E-state index in [0.29, 0.717) is 31.0 Å². The molecule has 0 saturated carbocycles. The second-order valence-corrected chi connectivity index (χ2v) is 7.52. The van der Waals surface area contributed by atoms with Gasteiger partial charge in [-0.05, 0) is 38.0 Å². The summed E-state index contributed by atoms with van der Waals surface area (Å²) in [5.41, 5.74) is 0.346. The van der Waals surface area contributed by atoms with Gasteiger partial charge in [0, 0.05) is 29.9 Å². The largest absolute Gasteiger partial charge is 0.417 e. The molecule has 1 atom stereocenters. The van der Waals surface area contributed by atoms with E-state index in [1.165, 1.54) is 19.1 Å². The Bertz CT molecular complexity index is 1030. The van der Waals surface area contributed by atoms with E-state index in [0.717, 1.165) is 0 Å². The summed E-state index contributed by atoms with van der Waals surface area (Å²) in [6, 6.07) is 6.13. The summed E-state index contributed by atoms with van der Waals surface area (Å²) in [6.07, 6.45) is -4.51. The van der Waals surface area contributed by atoms with E-state index < -0.39 is 28.2 Å². The van der Waals surface area contributed by atoms with Crippen molar-refractivity contribution in [2.75, 3.05) is 24.7 Å². The number of anilines is 1. The molecular weight excluding hydrogens is 423 g/mol. The van der Waals surface area contributed by atoms with Crippen molar-refractivity contribution >= 4 is 16.6 Å². The Kier molecular flexibility index (Phi) is 7.67. The van der Waals surface area contributed by atoms with Gasteiger partial charge in [-0.3, -0.25) is 4.79 Å². The summed E-state index contributed by atoms with van der Waals surface area (Å²) in [4.78, 5) is 16.7. The topological polar surface area (TPSA) is 105 Å². The fourth-order valence-electron chi connectivity index (χ4n) is 3.36. The number of nitrogens with two attached hydrogens (primary N) is 1. The fourth-order valence-corrected chi connectivity index (χ4v) is 3.36. The smallest absolute Gasteiger partial charge is 0.377 e. The average Bonchev–Trinajstić information content (AvgIpc) is 2.62. The van der Waals surface area contributed by atoms with Gasteiger partial charge < -0.3 is 14.6 Å². The number of alkyl halides is 3. The van der Waals surface area contributed by atoms with Gasteiger partial charge in [0.1, 0.15) is 0 Å². The van der Waals surface area contributed by atoms with Crippen LogP contribution < -0.4 is 15.6 Å². The molecule has 2 aromatic rings. The quantitative estimate of drug-likeness (QED) is 0.613. The maximum atomic E-state index is 13.7. The fraction of sp³-hybridized carbons (Fsp3) is 0.421. The van der Waals surface area contributed by atoms with E-state index in [1.54, 1.807) is 19.1 Å². The lowest BCUT2D eigenvalue weighted by Crippen LogP contribution is -2.44. The molecular formula is C19H24F3N3O4S. The Morgan fingerprint density at radius 1 is 1.23 bits per heavy atom. The minimum Gasteiger partial charge on any atom is -0.377 e. The van der Waals surface area contributed by atoms with Crippen LogP contribution in [0.3, 0.4) is 0 Å². The van der Waals surface area contributed by atoms with Gasteiger partial charge >= 0.3 is 6.18 Å². The van der Waals surface area contributed by atoms with Gasteiger partial charge in [-0.25, -0.2) is 13.6 Å². The van der Waals surface area contributed by atoms with Gasteiger partial charge in [-0.15, -0.1) is 0 Å². The Morgan fingerprint density at radius 2 is 1.87 bits per heavy atom. The molecule has 3 rings (SSSR count). The molecule has 0 unspecified atom stereocenters. The first-order chi connectivity index (χ1) is 13.9. The highest BCUT2D eigenvalue weighted by molar-refractivity contribution is 7.69. The zero-order valence-electron chi connectivity index (χ0n) is 16.7. The van der Waals surface area contributed by atoms with Crippen LogP contribution in [-0.4, -0.2) is 39.2 Å². The van der Waals surface area contributed by atoms with Crippen molar-refractivity contribution in [1.82, 2.24) is 4.98 Å². The Balaban J connectivity index is 0.000000735. The van der Waals surface area contributed by atoms with Gasteiger partial charge in [0.15, 0.2) is 10.9 Å². The maximum Gasteiger partial charge on any atom is 0.417 e. The lowest BCUT2D eigenvalue weighted by atomic mass is 9.94. The van der Waals surface area contributed by atoms with E-state index in [1.807, 2.05) is 11.8 Å². The summed E-state index contributed by atoms with van der Waals surface area (Å²) < 4.78 is 64.0. The molecule has 1 aliphatic heterocycles. The van der Waals surface area contributed by atoms with Crippen LogP contribution in [0.4, 0.5) is 18.9 Å². The third kappa shape index (κ3) is 5.83. The van der Waals surface area contributed by atoms with Gasteiger partial charge in [0.2, 0.25) is 5.56 Å². The van der Waals surface area contributed by atoms with Crippen LogP contribution in [-0.2, 0) is 21.8 Å². The number of pyridine rings is 1. The van der Waals surface area contributed by atoms with Crippen LogP contribution in [0.25, 0.3) is 11.3 Å². The second kappa shape index (κ2) is 9.63. The number of morpholine rings is 1. The summed E-state index contributed by atoms with van der Waals surface area (Å²) in [6.45, 7) is 6.67. The molecule has 0 aliphatic carbocycles. The third-order valence-corrected chi connectivity index (χ3v) is 4.84. The molecule has 3 N–H and O–H groups in total. The highest BCUT2D eigenvalue weighted by atomic mass is 32.2. The summed E-state index contributed by atoms with van der Waals surface area (Å²) in [5.74, 6) is 0. The van der Waals surface area contributed by atoms with Gasteiger partial charge in [-0.1, -0.05) is 12.1 Å². The summed E-state index contributed by atoms with van der Waals surface area (Å²) in [5, 5.41) is 4.06. The Hall–Kier alpha value is -2.37. The van der Waals surface area contributed by atoms with Crippen molar-refractivity contribution in [2.24, 2.45) is 5.14 Å².